The maximum Gasteiger partial charge on any atom is 0.224 e. The van der Waals surface area contributed by atoms with E-state index >= 15 is 0 Å². The number of halogens is 1. The van der Waals surface area contributed by atoms with Crippen molar-refractivity contribution in [2.45, 2.75) is 12.5 Å². The van der Waals surface area contributed by atoms with Crippen LogP contribution in [0.4, 0.5) is 0 Å². The van der Waals surface area contributed by atoms with E-state index in [0.717, 1.165) is 34.6 Å². The summed E-state index contributed by atoms with van der Waals surface area (Å²) >= 11 is 11.4. The number of alkyl halides is 1. The van der Waals surface area contributed by atoms with Crippen LogP contribution < -0.4 is 4.74 Å². The Labute approximate surface area is 140 Å². The molecule has 0 radical (unpaired) electrons. The molecule has 0 saturated carbocycles. The Morgan fingerprint density at radius 3 is 2.82 bits per heavy atom. The number of benzene rings is 1. The van der Waals surface area contributed by atoms with E-state index in [9.17, 15) is 0 Å². The number of thiocarbonyl (C=S) groups is 1. The largest absolute Gasteiger partial charge is 0.472 e. The van der Waals surface area contributed by atoms with Gasteiger partial charge in [0.05, 0.1) is 12.1 Å². The average molecular weight is 333 g/mol. The summed E-state index contributed by atoms with van der Waals surface area (Å²) in [5, 5.41) is 0. The second-order valence-electron chi connectivity index (χ2n) is 5.35. The van der Waals surface area contributed by atoms with Crippen molar-refractivity contribution < 1.29 is 4.74 Å². The van der Waals surface area contributed by atoms with Gasteiger partial charge in [0.15, 0.2) is 0 Å². The van der Waals surface area contributed by atoms with Gasteiger partial charge in [0.25, 0.3) is 0 Å². The molecule has 22 heavy (non-hydrogen) atoms. The summed E-state index contributed by atoms with van der Waals surface area (Å²) < 4.78 is 6.00. The van der Waals surface area contributed by atoms with Gasteiger partial charge < -0.3 is 9.64 Å². The number of nitrogens with zero attached hydrogens (tertiary/aromatic N) is 2. The van der Waals surface area contributed by atoms with Gasteiger partial charge in [0.1, 0.15) is 11.1 Å². The molecule has 1 aromatic heterocycles. The van der Waals surface area contributed by atoms with E-state index < -0.39 is 0 Å². The zero-order valence-electron chi connectivity index (χ0n) is 12.3. The van der Waals surface area contributed by atoms with Gasteiger partial charge in [-0.05, 0) is 18.1 Å². The molecule has 2 aromatic rings. The van der Waals surface area contributed by atoms with E-state index in [-0.39, 0.29) is 6.10 Å². The van der Waals surface area contributed by atoms with E-state index in [1.807, 2.05) is 36.3 Å². The minimum absolute atomic E-state index is 0.0109. The lowest BCUT2D eigenvalue weighted by Crippen LogP contribution is -2.33. The molecule has 1 aromatic carbocycles. The predicted molar refractivity (Wildman–Crippen MR) is 93.8 cm³/mol. The van der Waals surface area contributed by atoms with Gasteiger partial charge >= 0.3 is 0 Å². The molecule has 1 unspecified atom stereocenters. The first kappa shape index (κ1) is 15.3. The van der Waals surface area contributed by atoms with Crippen LogP contribution in [0.5, 0.6) is 5.88 Å². The lowest BCUT2D eigenvalue weighted by Gasteiger charge is -2.20. The first-order valence-corrected chi connectivity index (χ1v) is 8.17. The molecule has 1 aliphatic heterocycles. The SMILES string of the molecule is CN1CC(CCCl)Oc2ncc(-c3ccccc3)cc2C1=S. The summed E-state index contributed by atoms with van der Waals surface area (Å²) in [7, 11) is 1.98. The summed E-state index contributed by atoms with van der Waals surface area (Å²) in [6, 6.07) is 12.2. The first-order chi connectivity index (χ1) is 10.7. The summed E-state index contributed by atoms with van der Waals surface area (Å²) in [6.07, 6.45) is 2.62. The van der Waals surface area contributed by atoms with Gasteiger partial charge in [-0.3, -0.25) is 0 Å². The fourth-order valence-electron chi connectivity index (χ4n) is 2.55. The number of rotatable bonds is 3. The highest BCUT2D eigenvalue weighted by Crippen LogP contribution is 2.28. The van der Waals surface area contributed by atoms with E-state index in [1.54, 1.807) is 0 Å². The summed E-state index contributed by atoms with van der Waals surface area (Å²) in [6.45, 7) is 0.725. The number of likely N-dealkylation sites (N-methyl/N-ethyl adjacent to an activating group) is 1. The monoisotopic (exact) mass is 332 g/mol. The van der Waals surface area contributed by atoms with Gasteiger partial charge in [-0.2, -0.15) is 0 Å². The third kappa shape index (κ3) is 3.08. The van der Waals surface area contributed by atoms with Crippen LogP contribution in [0.2, 0.25) is 0 Å². The maximum absolute atomic E-state index is 6.00. The van der Waals surface area contributed by atoms with Crippen LogP contribution in [0.3, 0.4) is 0 Å². The highest BCUT2D eigenvalue weighted by atomic mass is 35.5. The van der Waals surface area contributed by atoms with Crippen LogP contribution in [0.25, 0.3) is 11.1 Å². The lowest BCUT2D eigenvalue weighted by atomic mass is 10.1. The topological polar surface area (TPSA) is 25.4 Å². The normalized spacial score (nSPS) is 17.6. The van der Waals surface area contributed by atoms with Gasteiger partial charge in [-0.1, -0.05) is 42.5 Å². The number of ether oxygens (including phenoxy) is 1. The van der Waals surface area contributed by atoms with Gasteiger partial charge in [0.2, 0.25) is 5.88 Å². The van der Waals surface area contributed by atoms with Gasteiger partial charge in [0, 0.05) is 24.7 Å². The Bertz CT molecular complexity index is 678. The second-order valence-corrected chi connectivity index (χ2v) is 6.11. The number of aromatic nitrogens is 1. The first-order valence-electron chi connectivity index (χ1n) is 7.22. The summed E-state index contributed by atoms with van der Waals surface area (Å²) in [4.78, 5) is 7.29. The van der Waals surface area contributed by atoms with Crippen LogP contribution in [0.1, 0.15) is 12.0 Å². The Kier molecular flexibility index (Phi) is 4.60. The quantitative estimate of drug-likeness (QED) is 0.631. The molecule has 0 spiro atoms. The number of hydrogen-bond donors (Lipinski definition) is 0. The number of fused-ring (bicyclic) bond motifs is 1. The standard InChI is InChI=1S/C17H17ClN2OS/c1-20-11-14(7-8-18)21-16-15(17(20)22)9-13(10-19-16)12-5-3-2-4-6-12/h2-6,9-10,14H,7-8,11H2,1H3. The number of hydrogen-bond acceptors (Lipinski definition) is 3. The van der Waals surface area contributed by atoms with Crippen molar-refractivity contribution in [3.8, 4) is 17.0 Å². The van der Waals surface area contributed by atoms with E-state index in [4.69, 9.17) is 28.6 Å². The van der Waals surface area contributed by atoms with Crippen molar-refractivity contribution >= 4 is 28.8 Å². The van der Waals surface area contributed by atoms with E-state index in [0.29, 0.717) is 11.8 Å². The Morgan fingerprint density at radius 2 is 2.09 bits per heavy atom. The van der Waals surface area contributed by atoms with Crippen molar-refractivity contribution in [3.63, 3.8) is 0 Å². The maximum atomic E-state index is 6.00. The average Bonchev–Trinajstić information content (AvgIpc) is 2.66. The van der Waals surface area contributed by atoms with Crippen LogP contribution in [0, 0.1) is 0 Å². The third-order valence-corrected chi connectivity index (χ3v) is 4.47. The van der Waals surface area contributed by atoms with Crippen LogP contribution in [-0.2, 0) is 0 Å². The van der Waals surface area contributed by atoms with E-state index in [1.165, 1.54) is 0 Å². The minimum atomic E-state index is 0.0109. The molecule has 0 aliphatic carbocycles. The highest BCUT2D eigenvalue weighted by molar-refractivity contribution is 7.80. The molecule has 1 aliphatic rings. The van der Waals surface area contributed by atoms with Crippen molar-refractivity contribution in [2.75, 3.05) is 19.5 Å². The van der Waals surface area contributed by atoms with Crippen LogP contribution in [-0.4, -0.2) is 40.4 Å². The van der Waals surface area contributed by atoms with Crippen molar-refractivity contribution in [1.29, 1.82) is 0 Å². The molecule has 0 bridgehead atoms. The van der Waals surface area contributed by atoms with Crippen LogP contribution in [0.15, 0.2) is 42.6 Å². The van der Waals surface area contributed by atoms with Crippen molar-refractivity contribution in [2.24, 2.45) is 0 Å². The summed E-state index contributed by atoms with van der Waals surface area (Å²) in [5.74, 6) is 1.16. The smallest absolute Gasteiger partial charge is 0.224 e. The van der Waals surface area contributed by atoms with E-state index in [2.05, 4.69) is 23.2 Å². The molecule has 1 atom stereocenters. The van der Waals surface area contributed by atoms with Crippen molar-refractivity contribution in [1.82, 2.24) is 9.88 Å². The molecule has 0 N–H and O–H groups in total. The Balaban J connectivity index is 2.00. The molecule has 3 nitrogen and oxygen atoms in total. The molecule has 0 fully saturated rings. The number of pyridine rings is 1. The van der Waals surface area contributed by atoms with Gasteiger partial charge in [-0.15, -0.1) is 11.6 Å². The molecular formula is C17H17ClN2OS. The Hall–Kier alpha value is -1.65. The second kappa shape index (κ2) is 6.63. The predicted octanol–water partition coefficient (Wildman–Crippen LogP) is 3.75. The molecule has 3 rings (SSSR count). The minimum Gasteiger partial charge on any atom is -0.472 e. The molecule has 5 heteroatoms. The zero-order chi connectivity index (χ0) is 15.5. The molecule has 2 heterocycles. The molecular weight excluding hydrogens is 316 g/mol. The third-order valence-electron chi connectivity index (χ3n) is 3.72. The Morgan fingerprint density at radius 1 is 1.32 bits per heavy atom. The lowest BCUT2D eigenvalue weighted by molar-refractivity contribution is 0.172. The fourth-order valence-corrected chi connectivity index (χ4v) is 3.01. The fraction of sp³-hybridized carbons (Fsp3) is 0.294. The molecule has 114 valence electrons. The van der Waals surface area contributed by atoms with Crippen LogP contribution >= 0.6 is 23.8 Å². The summed E-state index contributed by atoms with van der Waals surface area (Å²) in [5.41, 5.74) is 3.02. The zero-order valence-corrected chi connectivity index (χ0v) is 13.9. The highest BCUT2D eigenvalue weighted by Gasteiger charge is 2.25. The van der Waals surface area contributed by atoms with Gasteiger partial charge in [-0.25, -0.2) is 4.98 Å². The van der Waals surface area contributed by atoms with Crippen molar-refractivity contribution in [3.05, 3.63) is 48.2 Å². The molecule has 0 saturated heterocycles. The molecule has 0 amide bonds.